The molecule has 0 atom stereocenters. The second kappa shape index (κ2) is 5.60. The summed E-state index contributed by atoms with van der Waals surface area (Å²) in [5.41, 5.74) is 4.82. The number of hydrogen-bond acceptors (Lipinski definition) is 2. The van der Waals surface area contributed by atoms with Crippen LogP contribution in [0.2, 0.25) is 0 Å². The van der Waals surface area contributed by atoms with Crippen LogP contribution in [0.4, 0.5) is 5.69 Å². The molecule has 0 aliphatic carbocycles. The molecule has 2 rings (SSSR count). The van der Waals surface area contributed by atoms with E-state index >= 15 is 0 Å². The third-order valence-electron chi connectivity index (χ3n) is 3.21. The Hall–Kier alpha value is -1.29. The molecule has 0 aliphatic heterocycles. The molecule has 4 heteroatoms. The minimum absolute atomic E-state index is 0.0576. The van der Waals surface area contributed by atoms with Gasteiger partial charge in [-0.25, -0.2) is 0 Å². The summed E-state index contributed by atoms with van der Waals surface area (Å²) in [6, 6.07) is 6.32. The Morgan fingerprint density at radius 2 is 2.00 bits per heavy atom. The molecule has 0 radical (unpaired) electrons. The zero-order valence-corrected chi connectivity index (χ0v) is 14.4. The molecule has 0 fully saturated rings. The van der Waals surface area contributed by atoms with Crippen LogP contribution in [-0.2, 0) is 19.0 Å². The number of anilines is 1. The molecular formula is C16H22BrN3. The number of halogens is 1. The second-order valence-corrected chi connectivity index (χ2v) is 7.12. The summed E-state index contributed by atoms with van der Waals surface area (Å²) in [6.45, 7) is 9.47. The van der Waals surface area contributed by atoms with Gasteiger partial charge in [-0.1, -0.05) is 26.8 Å². The largest absolute Gasteiger partial charge is 0.380 e. The van der Waals surface area contributed by atoms with Gasteiger partial charge in [-0.2, -0.15) is 5.10 Å². The van der Waals surface area contributed by atoms with E-state index in [0.29, 0.717) is 0 Å². The van der Waals surface area contributed by atoms with Crippen LogP contribution in [0.15, 0.2) is 28.9 Å². The molecule has 108 valence electrons. The van der Waals surface area contributed by atoms with Gasteiger partial charge in [0.25, 0.3) is 0 Å². The highest BCUT2D eigenvalue weighted by molar-refractivity contribution is 9.10. The van der Waals surface area contributed by atoms with E-state index in [-0.39, 0.29) is 5.41 Å². The number of benzene rings is 1. The smallest absolute Gasteiger partial charge is 0.0727 e. The monoisotopic (exact) mass is 335 g/mol. The zero-order valence-electron chi connectivity index (χ0n) is 12.8. The SMILES string of the molecule is Cc1ccc(Br)c(NCc2cn(C)nc2C(C)(C)C)c1. The molecule has 20 heavy (non-hydrogen) atoms. The van der Waals surface area contributed by atoms with Gasteiger partial charge in [0.2, 0.25) is 0 Å². The maximum Gasteiger partial charge on any atom is 0.0727 e. The molecule has 1 aromatic carbocycles. The minimum atomic E-state index is 0.0576. The van der Waals surface area contributed by atoms with E-state index in [0.717, 1.165) is 22.4 Å². The first-order valence-electron chi connectivity index (χ1n) is 6.80. The highest BCUT2D eigenvalue weighted by Crippen LogP contribution is 2.27. The van der Waals surface area contributed by atoms with Crippen molar-refractivity contribution in [2.24, 2.45) is 7.05 Å². The molecule has 0 saturated heterocycles. The molecule has 0 bridgehead atoms. The van der Waals surface area contributed by atoms with E-state index in [1.54, 1.807) is 0 Å². The number of hydrogen-bond donors (Lipinski definition) is 1. The van der Waals surface area contributed by atoms with Crippen molar-refractivity contribution in [3.05, 3.63) is 45.7 Å². The second-order valence-electron chi connectivity index (χ2n) is 6.26. The van der Waals surface area contributed by atoms with Crippen molar-refractivity contribution in [2.75, 3.05) is 5.32 Å². The fourth-order valence-corrected chi connectivity index (χ4v) is 2.65. The fraction of sp³-hybridized carbons (Fsp3) is 0.438. The molecule has 0 unspecified atom stereocenters. The molecular weight excluding hydrogens is 314 g/mol. The lowest BCUT2D eigenvalue weighted by molar-refractivity contribution is 0.549. The van der Waals surface area contributed by atoms with Crippen LogP contribution in [-0.4, -0.2) is 9.78 Å². The summed E-state index contributed by atoms with van der Waals surface area (Å²) >= 11 is 3.58. The van der Waals surface area contributed by atoms with Crippen molar-refractivity contribution in [3.8, 4) is 0 Å². The van der Waals surface area contributed by atoms with Crippen molar-refractivity contribution < 1.29 is 0 Å². The topological polar surface area (TPSA) is 29.9 Å². The van der Waals surface area contributed by atoms with Gasteiger partial charge in [0.15, 0.2) is 0 Å². The first-order chi connectivity index (χ1) is 9.27. The van der Waals surface area contributed by atoms with E-state index < -0.39 is 0 Å². The normalized spacial score (nSPS) is 11.7. The van der Waals surface area contributed by atoms with E-state index in [2.05, 4.69) is 78.4 Å². The van der Waals surface area contributed by atoms with Crippen molar-refractivity contribution >= 4 is 21.6 Å². The Bertz CT molecular complexity index is 609. The fourth-order valence-electron chi connectivity index (χ4n) is 2.26. The van der Waals surface area contributed by atoms with Gasteiger partial charge in [-0.3, -0.25) is 4.68 Å². The summed E-state index contributed by atoms with van der Waals surface area (Å²) in [5, 5.41) is 8.09. The van der Waals surface area contributed by atoms with Crippen LogP contribution in [0.5, 0.6) is 0 Å². The quantitative estimate of drug-likeness (QED) is 0.900. The Morgan fingerprint density at radius 1 is 1.30 bits per heavy atom. The van der Waals surface area contributed by atoms with Crippen LogP contribution < -0.4 is 5.32 Å². The summed E-state index contributed by atoms with van der Waals surface area (Å²) in [6.07, 6.45) is 2.09. The number of nitrogens with one attached hydrogen (secondary N) is 1. The molecule has 1 aromatic heterocycles. The molecule has 2 aromatic rings. The highest BCUT2D eigenvalue weighted by atomic mass is 79.9. The van der Waals surface area contributed by atoms with Gasteiger partial charge >= 0.3 is 0 Å². The van der Waals surface area contributed by atoms with E-state index in [1.807, 2.05) is 11.7 Å². The van der Waals surface area contributed by atoms with Crippen molar-refractivity contribution in [3.63, 3.8) is 0 Å². The Kier molecular flexibility index (Phi) is 4.23. The molecule has 1 heterocycles. The van der Waals surface area contributed by atoms with Crippen LogP contribution in [0.25, 0.3) is 0 Å². The van der Waals surface area contributed by atoms with Crippen molar-refractivity contribution in [1.29, 1.82) is 0 Å². The van der Waals surface area contributed by atoms with Crippen molar-refractivity contribution in [1.82, 2.24) is 9.78 Å². The van der Waals surface area contributed by atoms with Crippen LogP contribution in [0.3, 0.4) is 0 Å². The van der Waals surface area contributed by atoms with Gasteiger partial charge in [-0.15, -0.1) is 0 Å². The van der Waals surface area contributed by atoms with Gasteiger partial charge in [0.1, 0.15) is 0 Å². The van der Waals surface area contributed by atoms with Crippen LogP contribution in [0, 0.1) is 6.92 Å². The maximum atomic E-state index is 4.60. The average Bonchev–Trinajstić information content (AvgIpc) is 2.72. The Balaban J connectivity index is 2.21. The third-order valence-corrected chi connectivity index (χ3v) is 3.90. The van der Waals surface area contributed by atoms with Crippen LogP contribution >= 0.6 is 15.9 Å². The maximum absolute atomic E-state index is 4.60. The van der Waals surface area contributed by atoms with Crippen molar-refractivity contribution in [2.45, 2.75) is 39.7 Å². The summed E-state index contributed by atoms with van der Waals surface area (Å²) in [7, 11) is 1.97. The van der Waals surface area contributed by atoms with Gasteiger partial charge in [0, 0.05) is 40.9 Å². The predicted molar refractivity (Wildman–Crippen MR) is 88.1 cm³/mol. The molecule has 0 aliphatic rings. The number of rotatable bonds is 3. The van der Waals surface area contributed by atoms with Gasteiger partial charge < -0.3 is 5.32 Å². The lowest BCUT2D eigenvalue weighted by Crippen LogP contribution is -2.16. The first kappa shape index (κ1) is 15.1. The van der Waals surface area contributed by atoms with Crippen LogP contribution in [0.1, 0.15) is 37.6 Å². The lowest BCUT2D eigenvalue weighted by atomic mass is 9.89. The Morgan fingerprint density at radius 3 is 2.65 bits per heavy atom. The zero-order chi connectivity index (χ0) is 14.9. The number of nitrogens with zero attached hydrogens (tertiary/aromatic N) is 2. The predicted octanol–water partition coefficient (Wildman–Crippen LogP) is 4.40. The summed E-state index contributed by atoms with van der Waals surface area (Å²) < 4.78 is 2.98. The number of aryl methyl sites for hydroxylation is 2. The molecule has 1 N–H and O–H groups in total. The minimum Gasteiger partial charge on any atom is -0.380 e. The van der Waals surface area contributed by atoms with E-state index in [4.69, 9.17) is 0 Å². The molecule has 0 saturated carbocycles. The molecule has 0 amide bonds. The van der Waals surface area contributed by atoms with E-state index in [1.165, 1.54) is 11.1 Å². The third kappa shape index (κ3) is 3.42. The molecule has 3 nitrogen and oxygen atoms in total. The summed E-state index contributed by atoms with van der Waals surface area (Å²) in [5.74, 6) is 0. The van der Waals surface area contributed by atoms with Gasteiger partial charge in [0.05, 0.1) is 5.69 Å². The Labute approximate surface area is 129 Å². The summed E-state index contributed by atoms with van der Waals surface area (Å²) in [4.78, 5) is 0. The van der Waals surface area contributed by atoms with Gasteiger partial charge in [-0.05, 0) is 40.5 Å². The standard InChI is InChI=1S/C16H22BrN3/c1-11-6-7-13(17)14(8-11)18-9-12-10-20(5)19-15(12)16(2,3)4/h6-8,10,18H,9H2,1-5H3. The number of aromatic nitrogens is 2. The lowest BCUT2D eigenvalue weighted by Gasteiger charge is -2.18. The van der Waals surface area contributed by atoms with E-state index in [9.17, 15) is 0 Å². The average molecular weight is 336 g/mol. The molecule has 0 spiro atoms. The first-order valence-corrected chi connectivity index (χ1v) is 7.59. The highest BCUT2D eigenvalue weighted by Gasteiger charge is 2.21.